The second kappa shape index (κ2) is 9.40. The Hall–Kier alpha value is -3.10. The van der Waals surface area contributed by atoms with Gasteiger partial charge < -0.3 is 4.57 Å². The Bertz CT molecular complexity index is 1050. The highest BCUT2D eigenvalue weighted by molar-refractivity contribution is 5.68. The van der Waals surface area contributed by atoms with Gasteiger partial charge in [-0.05, 0) is 19.4 Å². The van der Waals surface area contributed by atoms with Crippen LogP contribution in [-0.2, 0) is 13.6 Å². The lowest BCUT2D eigenvalue weighted by Gasteiger charge is -2.06. The number of halogens is 3. The molecule has 0 aromatic carbocycles. The van der Waals surface area contributed by atoms with E-state index in [2.05, 4.69) is 10.1 Å². The van der Waals surface area contributed by atoms with Gasteiger partial charge in [-0.25, -0.2) is 18.7 Å². The normalized spacial score (nSPS) is 11.1. The molecule has 0 radical (unpaired) electrons. The lowest BCUT2D eigenvalue weighted by molar-refractivity contribution is 0.133. The molecule has 0 aliphatic carbocycles. The van der Waals surface area contributed by atoms with Crippen LogP contribution in [0.15, 0.2) is 49.3 Å². The first kappa shape index (κ1) is 20.6. The van der Waals surface area contributed by atoms with E-state index in [9.17, 15) is 13.2 Å². The molecule has 0 saturated heterocycles. The third-order valence-corrected chi connectivity index (χ3v) is 4.24. The summed E-state index contributed by atoms with van der Waals surface area (Å²) in [7, 11) is 1.86. The molecule has 0 amide bonds. The number of aromatic nitrogens is 6. The summed E-state index contributed by atoms with van der Waals surface area (Å²) in [4.78, 5) is 9.16. The summed E-state index contributed by atoms with van der Waals surface area (Å²) < 4.78 is 40.5. The van der Waals surface area contributed by atoms with Crippen molar-refractivity contribution in [3.05, 3.63) is 49.3 Å². The van der Waals surface area contributed by atoms with Crippen LogP contribution in [0.1, 0.15) is 19.8 Å². The van der Waals surface area contributed by atoms with Gasteiger partial charge in [0.2, 0.25) is 6.43 Å². The van der Waals surface area contributed by atoms with Crippen molar-refractivity contribution in [2.45, 2.75) is 32.7 Å². The molecule has 0 saturated carbocycles. The van der Waals surface area contributed by atoms with Crippen LogP contribution in [0.25, 0.3) is 28.3 Å². The summed E-state index contributed by atoms with van der Waals surface area (Å²) in [6.07, 6.45) is 9.17. The second-order valence-corrected chi connectivity index (χ2v) is 6.46. The standard InChI is InChI=1S/C18H18F2N6.C2H5F/c1-24-11-14(10-22-24)15-9-17-21-5-8-26(17)18(23-15)13-4-7-25(12-13)6-2-3-16(19)20;1-2-3/h4-5,7-12,16H,2-3,6H2,1H3;2H2,1H3. The van der Waals surface area contributed by atoms with Gasteiger partial charge >= 0.3 is 0 Å². The molecule has 0 bridgehead atoms. The van der Waals surface area contributed by atoms with Gasteiger partial charge in [0, 0.05) is 68.2 Å². The molecule has 0 fully saturated rings. The van der Waals surface area contributed by atoms with Gasteiger partial charge in [-0.2, -0.15) is 5.10 Å². The first-order chi connectivity index (χ1) is 14.0. The number of imidazole rings is 1. The fraction of sp³-hybridized carbons (Fsp3) is 0.350. The third kappa shape index (κ3) is 5.04. The maximum atomic E-state index is 12.3. The van der Waals surface area contributed by atoms with Gasteiger partial charge in [-0.1, -0.05) is 0 Å². The summed E-state index contributed by atoms with van der Waals surface area (Å²) in [5, 5.41) is 4.20. The molecule has 9 heteroatoms. The van der Waals surface area contributed by atoms with E-state index in [1.54, 1.807) is 17.1 Å². The van der Waals surface area contributed by atoms with Crippen LogP contribution in [-0.4, -0.2) is 41.8 Å². The molecule has 0 aliphatic rings. The number of fused-ring (bicyclic) bond motifs is 1. The Morgan fingerprint density at radius 1 is 1.14 bits per heavy atom. The van der Waals surface area contributed by atoms with Crippen LogP contribution in [0, 0.1) is 0 Å². The first-order valence-corrected chi connectivity index (χ1v) is 9.35. The molecule has 6 nitrogen and oxygen atoms in total. The second-order valence-electron chi connectivity index (χ2n) is 6.46. The van der Waals surface area contributed by atoms with Gasteiger partial charge in [0.1, 0.15) is 11.5 Å². The monoisotopic (exact) mass is 404 g/mol. The predicted octanol–water partition coefficient (Wildman–Crippen LogP) is 4.62. The van der Waals surface area contributed by atoms with Crippen LogP contribution >= 0.6 is 0 Å². The van der Waals surface area contributed by atoms with Crippen molar-refractivity contribution in [2.75, 3.05) is 6.67 Å². The minimum atomic E-state index is -2.26. The van der Waals surface area contributed by atoms with Gasteiger partial charge in [0.05, 0.1) is 18.6 Å². The summed E-state index contributed by atoms with van der Waals surface area (Å²) in [6, 6.07) is 3.86. The van der Waals surface area contributed by atoms with Crippen molar-refractivity contribution >= 4 is 5.65 Å². The smallest absolute Gasteiger partial charge is 0.238 e. The average molecular weight is 404 g/mol. The van der Waals surface area contributed by atoms with Crippen LogP contribution in [0.3, 0.4) is 0 Å². The van der Waals surface area contributed by atoms with Crippen molar-refractivity contribution in [3.8, 4) is 22.6 Å². The SMILES string of the molecule is CCF.Cn1cc(-c2cc3nccn3c(-c3ccn(CCCC(F)F)c3)n2)cn1. The van der Waals surface area contributed by atoms with E-state index >= 15 is 0 Å². The highest BCUT2D eigenvalue weighted by Gasteiger charge is 2.12. The average Bonchev–Trinajstić information content (AvgIpc) is 3.41. The molecule has 4 rings (SSSR count). The Balaban J connectivity index is 0.000000755. The maximum absolute atomic E-state index is 12.3. The molecule has 29 heavy (non-hydrogen) atoms. The van der Waals surface area contributed by atoms with Crippen molar-refractivity contribution in [1.82, 2.24) is 28.7 Å². The molecule has 4 aromatic rings. The Labute approximate surface area is 166 Å². The number of aryl methyl sites for hydroxylation is 2. The minimum absolute atomic E-state index is 0.0893. The maximum Gasteiger partial charge on any atom is 0.238 e. The number of rotatable bonds is 6. The molecule has 0 N–H and O–H groups in total. The van der Waals surface area contributed by atoms with E-state index in [-0.39, 0.29) is 13.1 Å². The quantitative estimate of drug-likeness (QED) is 0.471. The Kier molecular flexibility index (Phi) is 6.69. The van der Waals surface area contributed by atoms with Gasteiger partial charge in [-0.15, -0.1) is 0 Å². The van der Waals surface area contributed by atoms with Crippen molar-refractivity contribution in [3.63, 3.8) is 0 Å². The van der Waals surface area contributed by atoms with E-state index in [0.717, 1.165) is 28.3 Å². The Morgan fingerprint density at radius 2 is 1.93 bits per heavy atom. The largest absolute Gasteiger partial charge is 0.353 e. The van der Waals surface area contributed by atoms with E-state index in [1.807, 2.05) is 52.9 Å². The molecule has 4 heterocycles. The Morgan fingerprint density at radius 3 is 2.62 bits per heavy atom. The fourth-order valence-corrected chi connectivity index (χ4v) is 2.97. The van der Waals surface area contributed by atoms with Crippen molar-refractivity contribution in [2.24, 2.45) is 7.05 Å². The zero-order chi connectivity index (χ0) is 20.8. The first-order valence-electron chi connectivity index (χ1n) is 9.35. The number of hydrogen-bond acceptors (Lipinski definition) is 3. The molecular weight excluding hydrogens is 381 g/mol. The van der Waals surface area contributed by atoms with E-state index in [4.69, 9.17) is 4.98 Å². The molecule has 0 aliphatic heterocycles. The zero-order valence-electron chi connectivity index (χ0n) is 16.3. The van der Waals surface area contributed by atoms with Crippen LogP contribution in [0.4, 0.5) is 13.2 Å². The fourth-order valence-electron chi connectivity index (χ4n) is 2.97. The summed E-state index contributed by atoms with van der Waals surface area (Å²) in [6.45, 7) is 1.76. The van der Waals surface area contributed by atoms with Gasteiger partial charge in [0.15, 0.2) is 0 Å². The highest BCUT2D eigenvalue weighted by atomic mass is 19.3. The number of nitrogens with zero attached hydrogens (tertiary/aromatic N) is 6. The van der Waals surface area contributed by atoms with Crippen LogP contribution in [0.2, 0.25) is 0 Å². The minimum Gasteiger partial charge on any atom is -0.353 e. The van der Waals surface area contributed by atoms with E-state index in [0.29, 0.717) is 13.0 Å². The molecule has 154 valence electrons. The lowest BCUT2D eigenvalue weighted by atomic mass is 10.2. The molecule has 4 aromatic heterocycles. The van der Waals surface area contributed by atoms with Gasteiger partial charge in [-0.3, -0.25) is 13.5 Å². The number of alkyl halides is 3. The van der Waals surface area contributed by atoms with Crippen LogP contribution in [0.5, 0.6) is 0 Å². The predicted molar refractivity (Wildman–Crippen MR) is 106 cm³/mol. The molecule has 0 unspecified atom stereocenters. The van der Waals surface area contributed by atoms with E-state index < -0.39 is 6.43 Å². The van der Waals surface area contributed by atoms with Gasteiger partial charge in [0.25, 0.3) is 0 Å². The summed E-state index contributed by atoms with van der Waals surface area (Å²) in [5.74, 6) is 0.756. The topological polar surface area (TPSA) is 52.9 Å². The molecule has 0 spiro atoms. The van der Waals surface area contributed by atoms with Crippen LogP contribution < -0.4 is 0 Å². The molecular formula is C20H23F3N6. The third-order valence-electron chi connectivity index (χ3n) is 4.24. The summed E-state index contributed by atoms with van der Waals surface area (Å²) in [5.41, 5.74) is 3.41. The zero-order valence-corrected chi connectivity index (χ0v) is 16.3. The van der Waals surface area contributed by atoms with Crippen molar-refractivity contribution < 1.29 is 13.2 Å². The lowest BCUT2D eigenvalue weighted by Crippen LogP contribution is -1.99. The van der Waals surface area contributed by atoms with E-state index in [1.165, 1.54) is 6.92 Å². The highest BCUT2D eigenvalue weighted by Crippen LogP contribution is 2.25. The summed E-state index contributed by atoms with van der Waals surface area (Å²) >= 11 is 0. The molecule has 0 atom stereocenters. The number of hydrogen-bond donors (Lipinski definition) is 0. The van der Waals surface area contributed by atoms with Crippen molar-refractivity contribution in [1.29, 1.82) is 0 Å².